The van der Waals surface area contributed by atoms with E-state index in [1.54, 1.807) is 35.3 Å². The molecular formula is C23H32N2O3. The van der Waals surface area contributed by atoms with Crippen LogP contribution in [0.1, 0.15) is 51.0 Å². The molecule has 0 radical (unpaired) electrons. The van der Waals surface area contributed by atoms with Crippen LogP contribution in [-0.2, 0) is 0 Å². The van der Waals surface area contributed by atoms with Gasteiger partial charge in [0, 0.05) is 38.2 Å². The minimum Gasteiger partial charge on any atom is -0.457 e. The maximum Gasteiger partial charge on any atom is 0.272 e. The Hall–Kier alpha value is -2.84. The zero-order valence-corrected chi connectivity index (χ0v) is 17.4. The van der Waals surface area contributed by atoms with Gasteiger partial charge in [-0.25, -0.2) is 0 Å². The summed E-state index contributed by atoms with van der Waals surface area (Å²) in [6.45, 7) is 16.0. The van der Waals surface area contributed by atoms with Gasteiger partial charge in [0.15, 0.2) is 0 Å². The highest BCUT2D eigenvalue weighted by Gasteiger charge is 2.32. The number of terminal acetylenes is 1. The molecular weight excluding hydrogens is 352 g/mol. The molecule has 1 aromatic heterocycles. The fourth-order valence-corrected chi connectivity index (χ4v) is 2.37. The summed E-state index contributed by atoms with van der Waals surface area (Å²) < 4.78 is 5.63. The standard InChI is InChI=1S/C19H20N2O3.2C2H6/c1-4-7-15(5-2)24-16-8-11-20-17(14-16)18(22)21-12-9-19(23,6-3)10-13-21;2*1-2/h3-5,7-8,11,14,23H,1-2,9-10,12-13H2;2*1-2H3/b15-7+;;. The molecule has 1 saturated heterocycles. The molecule has 0 atom stereocenters. The molecule has 1 amide bonds. The molecule has 5 heteroatoms. The van der Waals surface area contributed by atoms with Crippen molar-refractivity contribution in [3.63, 3.8) is 0 Å². The lowest BCUT2D eigenvalue weighted by Gasteiger charge is -2.34. The SMILES string of the molecule is C#CC1(O)CCN(C(=O)c2cc(O/C(C=C)=C/C=C)ccn2)CC1.CC.CC. The van der Waals surface area contributed by atoms with Crippen molar-refractivity contribution in [3.8, 4) is 18.1 Å². The normalized spacial score (nSPS) is 14.9. The second-order valence-electron chi connectivity index (χ2n) is 5.46. The summed E-state index contributed by atoms with van der Waals surface area (Å²) >= 11 is 0. The highest BCUT2D eigenvalue weighted by molar-refractivity contribution is 5.92. The molecule has 5 nitrogen and oxygen atoms in total. The van der Waals surface area contributed by atoms with Crippen molar-refractivity contribution in [2.45, 2.75) is 46.1 Å². The number of hydrogen-bond acceptors (Lipinski definition) is 4. The number of carbonyl (C=O) groups is 1. The summed E-state index contributed by atoms with van der Waals surface area (Å²) in [6.07, 6.45) is 12.4. The maximum atomic E-state index is 12.6. The Kier molecular flexibility index (Phi) is 12.0. The molecule has 0 spiro atoms. The number of allylic oxidation sites excluding steroid dienone is 3. The van der Waals surface area contributed by atoms with Crippen LogP contribution in [0.15, 0.2) is 55.5 Å². The number of likely N-dealkylation sites (tertiary alicyclic amines) is 1. The summed E-state index contributed by atoms with van der Waals surface area (Å²) in [5, 5.41) is 10.0. The predicted octanol–water partition coefficient (Wildman–Crippen LogP) is 4.37. The van der Waals surface area contributed by atoms with Gasteiger partial charge in [-0.1, -0.05) is 52.8 Å². The van der Waals surface area contributed by atoms with E-state index in [1.807, 2.05) is 27.7 Å². The largest absolute Gasteiger partial charge is 0.457 e. The van der Waals surface area contributed by atoms with Crippen LogP contribution in [0, 0.1) is 12.3 Å². The zero-order chi connectivity index (χ0) is 21.6. The van der Waals surface area contributed by atoms with Gasteiger partial charge in [0.05, 0.1) is 0 Å². The maximum absolute atomic E-state index is 12.6. The number of rotatable bonds is 5. The van der Waals surface area contributed by atoms with Crippen molar-refractivity contribution in [2.24, 2.45) is 0 Å². The lowest BCUT2D eigenvalue weighted by molar-refractivity contribution is 0.0247. The van der Waals surface area contributed by atoms with Crippen LogP contribution < -0.4 is 4.74 Å². The van der Waals surface area contributed by atoms with E-state index in [1.165, 1.54) is 6.20 Å². The molecule has 0 aliphatic carbocycles. The van der Waals surface area contributed by atoms with E-state index in [0.717, 1.165) is 0 Å². The van der Waals surface area contributed by atoms with Crippen molar-refractivity contribution in [1.82, 2.24) is 9.88 Å². The fourth-order valence-electron chi connectivity index (χ4n) is 2.37. The van der Waals surface area contributed by atoms with E-state index in [0.29, 0.717) is 37.4 Å². The number of nitrogens with zero attached hydrogens (tertiary/aromatic N) is 2. The van der Waals surface area contributed by atoms with E-state index in [-0.39, 0.29) is 11.6 Å². The van der Waals surface area contributed by atoms with Gasteiger partial charge >= 0.3 is 0 Å². The molecule has 2 rings (SSSR count). The lowest BCUT2D eigenvalue weighted by Crippen LogP contribution is -2.46. The van der Waals surface area contributed by atoms with E-state index in [9.17, 15) is 9.90 Å². The molecule has 1 N–H and O–H groups in total. The van der Waals surface area contributed by atoms with Gasteiger partial charge in [-0.3, -0.25) is 9.78 Å². The molecule has 0 bridgehead atoms. The fraction of sp³-hybridized carbons (Fsp3) is 0.391. The first kappa shape index (κ1) is 25.2. The second kappa shape index (κ2) is 13.3. The van der Waals surface area contributed by atoms with Crippen LogP contribution in [-0.4, -0.2) is 39.6 Å². The minimum atomic E-state index is -1.12. The van der Waals surface area contributed by atoms with Crippen molar-refractivity contribution < 1.29 is 14.6 Å². The third-order valence-electron chi connectivity index (χ3n) is 3.82. The van der Waals surface area contributed by atoms with Crippen LogP contribution in [0.4, 0.5) is 0 Å². The number of amides is 1. The van der Waals surface area contributed by atoms with Gasteiger partial charge in [0.1, 0.15) is 22.8 Å². The average molecular weight is 385 g/mol. The number of aromatic nitrogens is 1. The smallest absolute Gasteiger partial charge is 0.272 e. The summed E-state index contributed by atoms with van der Waals surface area (Å²) in [6, 6.07) is 3.23. The highest BCUT2D eigenvalue weighted by atomic mass is 16.5. The third-order valence-corrected chi connectivity index (χ3v) is 3.82. The molecule has 0 aromatic carbocycles. The number of aliphatic hydroxyl groups is 1. The number of pyridine rings is 1. The zero-order valence-electron chi connectivity index (χ0n) is 17.4. The summed E-state index contributed by atoms with van der Waals surface area (Å²) in [4.78, 5) is 18.3. The predicted molar refractivity (Wildman–Crippen MR) is 115 cm³/mol. The van der Waals surface area contributed by atoms with Crippen LogP contribution in [0.5, 0.6) is 5.75 Å². The van der Waals surface area contributed by atoms with Crippen molar-refractivity contribution in [1.29, 1.82) is 0 Å². The van der Waals surface area contributed by atoms with Crippen molar-refractivity contribution in [2.75, 3.05) is 13.1 Å². The first-order chi connectivity index (χ1) is 13.5. The molecule has 152 valence electrons. The second-order valence-corrected chi connectivity index (χ2v) is 5.46. The Labute approximate surface area is 169 Å². The molecule has 1 fully saturated rings. The number of ether oxygens (including phenoxy) is 1. The monoisotopic (exact) mass is 384 g/mol. The molecule has 1 aromatic rings. The molecule has 0 unspecified atom stereocenters. The van der Waals surface area contributed by atoms with Gasteiger partial charge in [-0.05, 0) is 18.2 Å². The van der Waals surface area contributed by atoms with Gasteiger partial charge in [-0.15, -0.1) is 6.42 Å². The quantitative estimate of drug-likeness (QED) is 0.465. The summed E-state index contributed by atoms with van der Waals surface area (Å²) in [5.41, 5.74) is -0.843. The minimum absolute atomic E-state index is 0.215. The number of piperidine rings is 1. The van der Waals surface area contributed by atoms with Crippen LogP contribution in [0.25, 0.3) is 0 Å². The molecule has 1 aliphatic heterocycles. The van der Waals surface area contributed by atoms with Gasteiger partial charge < -0.3 is 14.7 Å². The number of carbonyl (C=O) groups excluding carboxylic acids is 1. The van der Waals surface area contributed by atoms with Gasteiger partial charge in [0.2, 0.25) is 0 Å². The van der Waals surface area contributed by atoms with Crippen LogP contribution in [0.3, 0.4) is 0 Å². The van der Waals surface area contributed by atoms with Crippen LogP contribution >= 0.6 is 0 Å². The van der Waals surface area contributed by atoms with E-state index >= 15 is 0 Å². The van der Waals surface area contributed by atoms with E-state index in [2.05, 4.69) is 24.1 Å². The number of hydrogen-bond donors (Lipinski definition) is 1. The van der Waals surface area contributed by atoms with Crippen molar-refractivity contribution >= 4 is 5.91 Å². The summed E-state index contributed by atoms with van der Waals surface area (Å²) in [5.74, 6) is 3.18. The topological polar surface area (TPSA) is 62.7 Å². The Morgan fingerprint density at radius 1 is 1.32 bits per heavy atom. The van der Waals surface area contributed by atoms with Crippen LogP contribution in [0.2, 0.25) is 0 Å². The first-order valence-electron chi connectivity index (χ1n) is 9.60. The van der Waals surface area contributed by atoms with Crippen molar-refractivity contribution in [3.05, 3.63) is 61.2 Å². The Bertz CT molecular complexity index is 709. The van der Waals surface area contributed by atoms with Gasteiger partial charge in [-0.2, -0.15) is 0 Å². The average Bonchev–Trinajstić information content (AvgIpc) is 2.76. The third kappa shape index (κ3) is 7.42. The van der Waals surface area contributed by atoms with E-state index in [4.69, 9.17) is 11.2 Å². The Morgan fingerprint density at radius 3 is 2.43 bits per heavy atom. The van der Waals surface area contributed by atoms with E-state index < -0.39 is 5.60 Å². The molecule has 1 aliphatic rings. The molecule has 2 heterocycles. The Morgan fingerprint density at radius 2 is 1.93 bits per heavy atom. The van der Waals surface area contributed by atoms with Gasteiger partial charge in [0.25, 0.3) is 5.91 Å². The molecule has 0 saturated carbocycles. The Balaban J connectivity index is 0.00000171. The molecule has 28 heavy (non-hydrogen) atoms. The first-order valence-corrected chi connectivity index (χ1v) is 9.60. The summed E-state index contributed by atoms with van der Waals surface area (Å²) in [7, 11) is 0. The lowest BCUT2D eigenvalue weighted by atomic mass is 9.92. The highest BCUT2D eigenvalue weighted by Crippen LogP contribution is 2.23.